The molecule has 0 fully saturated rings. The minimum Gasteiger partial charge on any atom is -0.456 e. The number of likely N-dealkylation sites (N-methyl/N-ethyl adjacent to an activating group) is 1. The van der Waals surface area contributed by atoms with Crippen molar-refractivity contribution < 1.29 is 37.3 Å². The normalized spacial score (nSPS) is 14.0. The van der Waals surface area contributed by atoms with Crippen LogP contribution in [-0.2, 0) is 27.9 Å². The molecular formula is C52H104N2O7P+. The van der Waals surface area contributed by atoms with Gasteiger partial charge in [0.15, 0.2) is 0 Å². The summed E-state index contributed by atoms with van der Waals surface area (Å²) in [7, 11) is 1.51. The molecule has 3 unspecified atom stereocenters. The van der Waals surface area contributed by atoms with Gasteiger partial charge in [-0.15, -0.1) is 0 Å². The maximum atomic E-state index is 13.4. The summed E-state index contributed by atoms with van der Waals surface area (Å²) in [5.74, 6) is -0.494. The van der Waals surface area contributed by atoms with E-state index in [4.69, 9.17) is 13.8 Å². The molecule has 0 saturated carbocycles. The second-order valence-corrected chi connectivity index (χ2v) is 20.9. The lowest BCUT2D eigenvalue weighted by molar-refractivity contribution is -0.870. The molecule has 0 aromatic rings. The Morgan fingerprint density at radius 3 is 1.32 bits per heavy atom. The van der Waals surface area contributed by atoms with Gasteiger partial charge >= 0.3 is 13.8 Å². The Bertz CT molecular complexity index is 1080. The van der Waals surface area contributed by atoms with E-state index in [-0.39, 0.29) is 25.1 Å². The first-order chi connectivity index (χ1) is 29.9. The van der Waals surface area contributed by atoms with E-state index >= 15 is 0 Å². The molecule has 1 amide bonds. The molecule has 62 heavy (non-hydrogen) atoms. The van der Waals surface area contributed by atoms with Gasteiger partial charge < -0.3 is 19.4 Å². The molecule has 368 valence electrons. The molecule has 0 aliphatic carbocycles. The largest absolute Gasteiger partial charge is 0.472 e. The summed E-state index contributed by atoms with van der Waals surface area (Å²) in [6.45, 7) is 7.01. The van der Waals surface area contributed by atoms with Crippen molar-refractivity contribution in [2.45, 2.75) is 270 Å². The van der Waals surface area contributed by atoms with E-state index in [0.29, 0.717) is 23.9 Å². The number of phosphoric ester groups is 1. The van der Waals surface area contributed by atoms with Gasteiger partial charge in [-0.05, 0) is 31.8 Å². The summed E-state index contributed by atoms with van der Waals surface area (Å²) < 4.78 is 30.5. The Labute approximate surface area is 384 Å². The number of esters is 1. The number of rotatable bonds is 48. The number of ether oxygens (including phenoxy) is 1. The van der Waals surface area contributed by atoms with E-state index < -0.39 is 20.0 Å². The fraction of sp³-hybridized carbons (Fsp3) is 0.923. The molecule has 2 N–H and O–H groups in total. The van der Waals surface area contributed by atoms with Gasteiger partial charge in [0, 0.05) is 12.8 Å². The third kappa shape index (κ3) is 44.0. The van der Waals surface area contributed by atoms with Gasteiger partial charge in [0.25, 0.3) is 0 Å². The number of nitrogens with one attached hydrogen (secondary N) is 1. The highest BCUT2D eigenvalue weighted by Crippen LogP contribution is 2.43. The highest BCUT2D eigenvalue weighted by Gasteiger charge is 2.30. The predicted octanol–water partition coefficient (Wildman–Crippen LogP) is 15.3. The monoisotopic (exact) mass is 900 g/mol. The SMILES string of the molecule is CCCCCCCCCCC/C=C/C(OC(=O)CCCCCCCCCCCCC)C(COP(=O)(O)OCC[N+](C)(C)C)NC(=O)CCCCCCCCCCCCCCCC. The summed E-state index contributed by atoms with van der Waals surface area (Å²) in [5.41, 5.74) is 0. The van der Waals surface area contributed by atoms with Crippen molar-refractivity contribution in [3.63, 3.8) is 0 Å². The van der Waals surface area contributed by atoms with Gasteiger partial charge in [-0.25, -0.2) is 4.57 Å². The molecule has 0 aliphatic rings. The molecule has 0 saturated heterocycles. The maximum Gasteiger partial charge on any atom is 0.472 e. The maximum absolute atomic E-state index is 13.4. The number of nitrogens with zero attached hydrogens (tertiary/aromatic N) is 1. The van der Waals surface area contributed by atoms with Crippen molar-refractivity contribution in [1.29, 1.82) is 0 Å². The van der Waals surface area contributed by atoms with Crippen molar-refractivity contribution in [3.05, 3.63) is 12.2 Å². The average Bonchev–Trinajstić information content (AvgIpc) is 3.22. The van der Waals surface area contributed by atoms with E-state index in [0.717, 1.165) is 57.8 Å². The minimum absolute atomic E-state index is 0.0451. The molecule has 0 radical (unpaired) electrons. The Hall–Kier alpha value is -1.25. The van der Waals surface area contributed by atoms with Gasteiger partial charge in [0.05, 0.1) is 33.8 Å². The summed E-state index contributed by atoms with van der Waals surface area (Å²) in [4.78, 5) is 37.4. The van der Waals surface area contributed by atoms with Gasteiger partial charge in [0.2, 0.25) is 5.91 Å². The number of allylic oxidation sites excluding steroid dienone is 1. The molecule has 3 atom stereocenters. The topological polar surface area (TPSA) is 111 Å². The van der Waals surface area contributed by atoms with Crippen LogP contribution in [0.1, 0.15) is 258 Å². The summed E-state index contributed by atoms with van der Waals surface area (Å²) >= 11 is 0. The number of unbranched alkanes of at least 4 members (excludes halogenated alkanes) is 32. The van der Waals surface area contributed by atoms with E-state index in [9.17, 15) is 19.0 Å². The first-order valence-corrected chi connectivity index (χ1v) is 28.0. The molecule has 9 nitrogen and oxygen atoms in total. The molecule has 0 aliphatic heterocycles. The first kappa shape index (κ1) is 60.8. The molecular weight excluding hydrogens is 796 g/mol. The first-order valence-electron chi connectivity index (χ1n) is 26.5. The predicted molar refractivity (Wildman–Crippen MR) is 263 cm³/mol. The Morgan fingerprint density at radius 1 is 0.548 bits per heavy atom. The standard InChI is InChI=1S/C52H103N2O7P/c1-7-10-13-16-19-22-25-26-27-30-32-35-38-41-44-51(55)53-49(48-60-62(57,58)59-47-46-54(4,5)6)50(43-40-37-34-31-28-23-20-17-14-11-8-2)61-52(56)45-42-39-36-33-29-24-21-18-15-12-9-3/h40,43,49-50H,7-39,41-42,44-48H2,1-6H3,(H-,53,55,57,58)/p+1/b43-40+. The van der Waals surface area contributed by atoms with Crippen LogP contribution in [0.15, 0.2) is 12.2 Å². The van der Waals surface area contributed by atoms with Crippen molar-refractivity contribution in [3.8, 4) is 0 Å². The molecule has 0 aromatic heterocycles. The summed E-state index contributed by atoms with van der Waals surface area (Å²) in [5, 5.41) is 3.04. The molecule has 0 aromatic carbocycles. The fourth-order valence-corrected chi connectivity index (χ4v) is 8.56. The third-order valence-corrected chi connectivity index (χ3v) is 13.0. The van der Waals surface area contributed by atoms with Crippen molar-refractivity contribution >= 4 is 19.7 Å². The van der Waals surface area contributed by atoms with Crippen LogP contribution in [0.4, 0.5) is 0 Å². The minimum atomic E-state index is -4.43. The quantitative estimate of drug-likeness (QED) is 0.0206. The number of carbonyl (C=O) groups is 2. The summed E-state index contributed by atoms with van der Waals surface area (Å²) in [6.07, 6.45) is 46.2. The Morgan fingerprint density at radius 2 is 0.919 bits per heavy atom. The number of carbonyl (C=O) groups excluding carboxylic acids is 2. The van der Waals surface area contributed by atoms with Crippen LogP contribution in [0.2, 0.25) is 0 Å². The number of hydrogen-bond acceptors (Lipinski definition) is 6. The van der Waals surface area contributed by atoms with Gasteiger partial charge in [-0.1, -0.05) is 226 Å². The summed E-state index contributed by atoms with van der Waals surface area (Å²) in [6, 6.07) is -0.836. The molecule has 0 heterocycles. The van der Waals surface area contributed by atoms with E-state index in [1.54, 1.807) is 0 Å². The van der Waals surface area contributed by atoms with Crippen LogP contribution in [0.25, 0.3) is 0 Å². The highest BCUT2D eigenvalue weighted by molar-refractivity contribution is 7.47. The number of phosphoric acid groups is 1. The number of amides is 1. The van der Waals surface area contributed by atoms with Crippen molar-refractivity contribution in [2.24, 2.45) is 0 Å². The number of quaternary nitrogens is 1. The zero-order valence-electron chi connectivity index (χ0n) is 41.9. The van der Waals surface area contributed by atoms with Crippen LogP contribution in [0.5, 0.6) is 0 Å². The fourth-order valence-electron chi connectivity index (χ4n) is 7.82. The van der Waals surface area contributed by atoms with Crippen LogP contribution >= 0.6 is 7.82 Å². The second-order valence-electron chi connectivity index (χ2n) is 19.4. The lowest BCUT2D eigenvalue weighted by atomic mass is 10.0. The Balaban J connectivity index is 5.37. The van der Waals surface area contributed by atoms with Crippen LogP contribution in [-0.4, -0.2) is 74.3 Å². The van der Waals surface area contributed by atoms with Gasteiger partial charge in [-0.2, -0.15) is 0 Å². The molecule has 10 heteroatoms. The second kappa shape index (κ2) is 43.6. The average molecular weight is 900 g/mol. The lowest BCUT2D eigenvalue weighted by Crippen LogP contribution is -2.47. The molecule has 0 bridgehead atoms. The zero-order valence-corrected chi connectivity index (χ0v) is 42.8. The lowest BCUT2D eigenvalue weighted by Gasteiger charge is -2.27. The van der Waals surface area contributed by atoms with E-state index in [1.165, 1.54) is 167 Å². The highest BCUT2D eigenvalue weighted by atomic mass is 31.2. The van der Waals surface area contributed by atoms with Crippen LogP contribution in [0.3, 0.4) is 0 Å². The van der Waals surface area contributed by atoms with Crippen molar-refractivity contribution in [2.75, 3.05) is 40.9 Å². The Kier molecular flexibility index (Phi) is 42.8. The van der Waals surface area contributed by atoms with Gasteiger partial charge in [0.1, 0.15) is 19.3 Å². The molecule has 0 spiro atoms. The van der Waals surface area contributed by atoms with E-state index in [2.05, 4.69) is 26.1 Å². The van der Waals surface area contributed by atoms with E-state index in [1.807, 2.05) is 33.3 Å². The third-order valence-electron chi connectivity index (χ3n) is 12.0. The van der Waals surface area contributed by atoms with Crippen LogP contribution in [0, 0.1) is 0 Å². The zero-order chi connectivity index (χ0) is 45.8. The van der Waals surface area contributed by atoms with Crippen LogP contribution < -0.4 is 5.32 Å². The van der Waals surface area contributed by atoms with Gasteiger partial charge in [-0.3, -0.25) is 18.6 Å². The molecule has 0 rings (SSSR count). The smallest absolute Gasteiger partial charge is 0.456 e. The van der Waals surface area contributed by atoms with Crippen molar-refractivity contribution in [1.82, 2.24) is 5.32 Å². The number of hydrogen-bond donors (Lipinski definition) is 2.